The average molecular weight is 760 g/mol. The third-order valence-electron chi connectivity index (χ3n) is 8.96. The molecule has 2 aromatic carbocycles. The minimum absolute atomic E-state index is 0.101. The number of nitrogens with zero attached hydrogens (tertiary/aromatic N) is 2. The zero-order valence-electron chi connectivity index (χ0n) is 28.0. The van der Waals surface area contributed by atoms with Gasteiger partial charge in [0.25, 0.3) is 5.91 Å². The summed E-state index contributed by atoms with van der Waals surface area (Å²) in [7, 11) is -2.62. The maximum atomic E-state index is 14.5. The highest BCUT2D eigenvalue weighted by atomic mass is 32.2. The molecule has 3 aliphatic heterocycles. The summed E-state index contributed by atoms with van der Waals surface area (Å²) in [4.78, 5) is 54.2. The molecule has 0 radical (unpaired) electrons. The summed E-state index contributed by atoms with van der Waals surface area (Å²) in [5.41, 5.74) is 6.57. The highest BCUT2D eigenvalue weighted by molar-refractivity contribution is 7.98. The number of rotatable bonds is 11. The molecule has 52 heavy (non-hydrogen) atoms. The zero-order chi connectivity index (χ0) is 36.5. The number of aromatic nitrogens is 1. The summed E-state index contributed by atoms with van der Waals surface area (Å²) in [6.07, 6.45) is -0.799. The standard InChI is InChI=1S/C33H34N3O14PS/c1-42-31(39)46-18-49-51(41,50-19-47-32(40)43-2)48-17-45-29-25(37)13-24(36-28(29)30(38)35-27(34-36)14-44-16-33(35)10-11-33)22-8-5-7-21-15-52-26-9-4-3-6-20(26)12-23(21)22/h3-9,13,27,34H,10-12,14-19H2,1-2H3/t27-/m0/s1. The van der Waals surface area contributed by atoms with E-state index in [0.717, 1.165) is 49.3 Å². The summed E-state index contributed by atoms with van der Waals surface area (Å²) in [6, 6.07) is 15.4. The molecule has 4 aliphatic rings. The number of carbonyl (C=O) groups excluding carboxylic acids is 3. The van der Waals surface area contributed by atoms with Crippen LogP contribution in [0.15, 0.2) is 58.2 Å². The predicted octanol–water partition coefficient (Wildman–Crippen LogP) is 4.58. The van der Waals surface area contributed by atoms with Crippen LogP contribution in [0, 0.1) is 0 Å². The topological polar surface area (TPSA) is 189 Å². The first-order valence-electron chi connectivity index (χ1n) is 16.0. The first-order valence-corrected chi connectivity index (χ1v) is 18.5. The third kappa shape index (κ3) is 7.09. The highest BCUT2D eigenvalue weighted by Gasteiger charge is 2.58. The second-order valence-electron chi connectivity index (χ2n) is 12.0. The van der Waals surface area contributed by atoms with Gasteiger partial charge in [0.15, 0.2) is 5.69 Å². The van der Waals surface area contributed by atoms with Gasteiger partial charge >= 0.3 is 20.1 Å². The molecule has 19 heteroatoms. The number of phosphoric ester groups is 1. The van der Waals surface area contributed by atoms with Crippen molar-refractivity contribution < 1.29 is 60.9 Å². The van der Waals surface area contributed by atoms with E-state index in [4.69, 9.17) is 23.0 Å². The van der Waals surface area contributed by atoms with Gasteiger partial charge in [0.1, 0.15) is 6.17 Å². The number of hydrogen-bond donors (Lipinski definition) is 1. The number of thioether (sulfide) groups is 1. The number of pyridine rings is 1. The number of ether oxygens (including phenoxy) is 6. The van der Waals surface area contributed by atoms with Crippen molar-refractivity contribution in [2.75, 3.05) is 53.2 Å². The Kier molecular flexibility index (Phi) is 10.2. The van der Waals surface area contributed by atoms with E-state index in [9.17, 15) is 23.7 Å². The van der Waals surface area contributed by atoms with Crippen molar-refractivity contribution in [3.8, 4) is 17.0 Å². The maximum absolute atomic E-state index is 14.5. The summed E-state index contributed by atoms with van der Waals surface area (Å²) >= 11 is 1.74. The van der Waals surface area contributed by atoms with Crippen molar-refractivity contribution in [3.63, 3.8) is 0 Å². The number of phosphoric acid groups is 1. The Morgan fingerprint density at radius 2 is 1.65 bits per heavy atom. The molecule has 1 spiro atoms. The van der Waals surface area contributed by atoms with E-state index in [2.05, 4.69) is 42.6 Å². The summed E-state index contributed by atoms with van der Waals surface area (Å²) < 4.78 is 59.7. The van der Waals surface area contributed by atoms with Gasteiger partial charge in [-0.1, -0.05) is 36.4 Å². The molecule has 276 valence electrons. The van der Waals surface area contributed by atoms with Gasteiger partial charge in [-0.3, -0.25) is 9.59 Å². The molecule has 3 aromatic rings. The van der Waals surface area contributed by atoms with Crippen LogP contribution in [0.2, 0.25) is 0 Å². The van der Waals surface area contributed by atoms with Crippen LogP contribution in [0.25, 0.3) is 11.3 Å². The summed E-state index contributed by atoms with van der Waals surface area (Å²) in [5.74, 6) is -0.141. The molecule has 1 N–H and O–H groups in total. The molecule has 1 saturated heterocycles. The van der Waals surface area contributed by atoms with Gasteiger partial charge in [-0.15, -0.1) is 11.8 Å². The van der Waals surface area contributed by atoms with Crippen LogP contribution in [0.3, 0.4) is 0 Å². The molecule has 7 rings (SSSR count). The van der Waals surface area contributed by atoms with Crippen LogP contribution in [-0.2, 0) is 54.0 Å². The molecular weight excluding hydrogens is 725 g/mol. The highest BCUT2D eigenvalue weighted by Crippen LogP contribution is 2.50. The Bertz CT molecular complexity index is 1980. The van der Waals surface area contributed by atoms with Gasteiger partial charge in [0.2, 0.25) is 31.6 Å². The van der Waals surface area contributed by atoms with Gasteiger partial charge in [-0.05, 0) is 42.0 Å². The second-order valence-corrected chi connectivity index (χ2v) is 14.7. The fraction of sp³-hybridized carbons (Fsp3) is 0.394. The lowest BCUT2D eigenvalue weighted by Crippen LogP contribution is -2.64. The van der Waals surface area contributed by atoms with Crippen LogP contribution in [0.5, 0.6) is 5.75 Å². The molecule has 1 atom stereocenters. The molecule has 0 bridgehead atoms. The van der Waals surface area contributed by atoms with E-state index >= 15 is 0 Å². The van der Waals surface area contributed by atoms with E-state index < -0.39 is 69.3 Å². The quantitative estimate of drug-likeness (QED) is 0.162. The maximum Gasteiger partial charge on any atom is 0.510 e. The van der Waals surface area contributed by atoms with Gasteiger partial charge in [-0.25, -0.2) is 32.4 Å². The van der Waals surface area contributed by atoms with Crippen molar-refractivity contribution in [2.45, 2.75) is 41.6 Å². The molecule has 2 fully saturated rings. The number of nitrogens with one attached hydrogen (secondary N) is 1. The molecule has 17 nitrogen and oxygen atoms in total. The molecule has 1 aromatic heterocycles. The Morgan fingerprint density at radius 1 is 0.962 bits per heavy atom. The van der Waals surface area contributed by atoms with E-state index in [1.165, 1.54) is 11.0 Å². The fourth-order valence-electron chi connectivity index (χ4n) is 6.35. The zero-order valence-corrected chi connectivity index (χ0v) is 29.7. The van der Waals surface area contributed by atoms with Crippen LogP contribution in [0.1, 0.15) is 40.0 Å². The fourth-order valence-corrected chi connectivity index (χ4v) is 8.20. The number of morpholine rings is 1. The normalized spacial score (nSPS) is 18.1. The van der Waals surface area contributed by atoms with Crippen molar-refractivity contribution in [1.82, 2.24) is 9.58 Å². The smallest absolute Gasteiger partial charge is 0.460 e. The minimum Gasteiger partial charge on any atom is -0.460 e. The third-order valence-corrected chi connectivity index (χ3v) is 11.4. The lowest BCUT2D eigenvalue weighted by Gasteiger charge is -2.47. The monoisotopic (exact) mass is 759 g/mol. The summed E-state index contributed by atoms with van der Waals surface area (Å²) in [5, 5.41) is 0. The van der Waals surface area contributed by atoms with Gasteiger partial charge in [0, 0.05) is 22.3 Å². The Morgan fingerprint density at radius 3 is 2.37 bits per heavy atom. The van der Waals surface area contributed by atoms with Crippen LogP contribution < -0.4 is 15.6 Å². The Balaban J connectivity index is 1.23. The molecule has 0 unspecified atom stereocenters. The Hall–Kier alpha value is -4.58. The number of benzene rings is 2. The minimum atomic E-state index is -4.71. The average Bonchev–Trinajstić information content (AvgIpc) is 3.94. The lowest BCUT2D eigenvalue weighted by atomic mass is 9.93. The predicted molar refractivity (Wildman–Crippen MR) is 180 cm³/mol. The number of carbonyl (C=O) groups is 3. The van der Waals surface area contributed by atoms with E-state index in [1.54, 1.807) is 21.3 Å². The van der Waals surface area contributed by atoms with Gasteiger partial charge in [-0.2, -0.15) is 0 Å². The molecule has 1 amide bonds. The number of amides is 1. The van der Waals surface area contributed by atoms with Crippen LogP contribution >= 0.6 is 19.6 Å². The SMILES string of the molecule is COC(=O)OCOP(=O)(OCOC(=O)OC)OCOc1c2n(c(-c3cccc4c3Cc3ccccc3SC4)cc1=O)N[C@@H]1COCC3(CC3)N1C2=O. The Labute approximate surface area is 300 Å². The van der Waals surface area contributed by atoms with Gasteiger partial charge in [0.05, 0.1) is 38.7 Å². The van der Waals surface area contributed by atoms with E-state index in [-0.39, 0.29) is 12.3 Å². The number of methoxy groups -OCH3 is 2. The summed E-state index contributed by atoms with van der Waals surface area (Å²) in [6.45, 7) is -2.30. The molecule has 1 aliphatic carbocycles. The largest absolute Gasteiger partial charge is 0.510 e. The number of fused-ring (bicyclic) bond motifs is 5. The second kappa shape index (κ2) is 14.8. The van der Waals surface area contributed by atoms with Crippen molar-refractivity contribution in [1.29, 1.82) is 0 Å². The van der Waals surface area contributed by atoms with E-state index in [0.29, 0.717) is 24.5 Å². The molecule has 4 heterocycles. The van der Waals surface area contributed by atoms with Crippen LogP contribution in [-0.4, -0.2) is 87.3 Å². The van der Waals surface area contributed by atoms with Crippen LogP contribution in [0.4, 0.5) is 9.59 Å². The first kappa shape index (κ1) is 35.8. The van der Waals surface area contributed by atoms with Gasteiger partial charge < -0.3 is 38.7 Å². The molecule has 1 saturated carbocycles. The lowest BCUT2D eigenvalue weighted by molar-refractivity contribution is -0.0474. The van der Waals surface area contributed by atoms with Crippen molar-refractivity contribution in [2.24, 2.45) is 0 Å². The van der Waals surface area contributed by atoms with Crippen molar-refractivity contribution >= 4 is 37.8 Å². The molecular formula is C33H34N3O14PS. The first-order chi connectivity index (χ1) is 25.1. The van der Waals surface area contributed by atoms with E-state index in [1.807, 2.05) is 24.3 Å². The van der Waals surface area contributed by atoms with Crippen molar-refractivity contribution in [3.05, 3.63) is 81.1 Å². The number of hydrogen-bond acceptors (Lipinski definition) is 16.